The van der Waals surface area contributed by atoms with E-state index in [-0.39, 0.29) is 23.7 Å². The van der Waals surface area contributed by atoms with Gasteiger partial charge >= 0.3 is 6.03 Å². The van der Waals surface area contributed by atoms with Crippen LogP contribution in [-0.4, -0.2) is 35.2 Å². The minimum Gasteiger partial charge on any atom is -0.329 e. The van der Waals surface area contributed by atoms with Gasteiger partial charge in [-0.05, 0) is 12.1 Å². The molecule has 5 heteroatoms. The number of rotatable bonds is 4. The van der Waals surface area contributed by atoms with Crippen LogP contribution in [0.1, 0.15) is 6.92 Å². The molecule has 0 radical (unpaired) electrons. The molecule has 1 aliphatic heterocycles. The molecule has 0 saturated carbocycles. The fourth-order valence-corrected chi connectivity index (χ4v) is 2.67. The summed E-state index contributed by atoms with van der Waals surface area (Å²) in [6, 6.07) is 9.67. The van der Waals surface area contributed by atoms with Gasteiger partial charge in [-0.25, -0.2) is 4.79 Å². The van der Waals surface area contributed by atoms with Crippen molar-refractivity contribution in [2.24, 2.45) is 0 Å². The van der Waals surface area contributed by atoms with Gasteiger partial charge in [0, 0.05) is 16.7 Å². The number of urea groups is 1. The van der Waals surface area contributed by atoms with E-state index in [0.717, 1.165) is 4.90 Å². The third kappa shape index (κ3) is 3.00. The Balaban J connectivity index is 1.91. The summed E-state index contributed by atoms with van der Waals surface area (Å²) in [5.74, 6) is -0.143. The van der Waals surface area contributed by atoms with Crippen LogP contribution in [-0.2, 0) is 4.79 Å². The number of hydrogen-bond donors (Lipinski definition) is 1. The molecule has 17 heavy (non-hydrogen) atoms. The predicted octanol–water partition coefficient (Wildman–Crippen LogP) is 1.72. The molecule has 1 aliphatic rings. The first-order valence-electron chi connectivity index (χ1n) is 5.46. The molecule has 1 saturated heterocycles. The van der Waals surface area contributed by atoms with Gasteiger partial charge in [0.15, 0.2) is 0 Å². The van der Waals surface area contributed by atoms with E-state index < -0.39 is 0 Å². The molecule has 1 aromatic carbocycles. The fourth-order valence-electron chi connectivity index (χ4n) is 1.67. The quantitative estimate of drug-likeness (QED) is 0.654. The van der Waals surface area contributed by atoms with Crippen molar-refractivity contribution in [3.05, 3.63) is 30.3 Å². The Hall–Kier alpha value is -1.49. The third-order valence-electron chi connectivity index (χ3n) is 2.46. The fraction of sp³-hybridized carbons (Fsp3) is 0.333. The first-order chi connectivity index (χ1) is 8.16. The molecule has 1 fully saturated rings. The highest BCUT2D eigenvalue weighted by molar-refractivity contribution is 8.00. The lowest BCUT2D eigenvalue weighted by molar-refractivity contribution is -0.124. The Kier molecular flexibility index (Phi) is 3.68. The average molecular weight is 250 g/mol. The molecule has 0 bridgehead atoms. The zero-order valence-electron chi connectivity index (χ0n) is 9.55. The summed E-state index contributed by atoms with van der Waals surface area (Å²) >= 11 is 1.66. The monoisotopic (exact) mass is 250 g/mol. The van der Waals surface area contributed by atoms with E-state index in [2.05, 4.69) is 5.32 Å². The number of hydrogen-bond acceptors (Lipinski definition) is 3. The highest BCUT2D eigenvalue weighted by Gasteiger charge is 2.29. The van der Waals surface area contributed by atoms with E-state index in [1.165, 1.54) is 4.90 Å². The average Bonchev–Trinajstić information content (AvgIpc) is 2.62. The third-order valence-corrected chi connectivity index (χ3v) is 3.55. The SMILES string of the molecule is C[C@@H](CN1C(=O)CNC1=O)Sc1ccccc1. The van der Waals surface area contributed by atoms with Crippen LogP contribution >= 0.6 is 11.8 Å². The van der Waals surface area contributed by atoms with E-state index in [4.69, 9.17) is 0 Å². The molecular formula is C12H14N2O2S. The second-order valence-corrected chi connectivity index (χ2v) is 5.42. The second kappa shape index (κ2) is 5.23. The van der Waals surface area contributed by atoms with Crippen LogP contribution in [0.25, 0.3) is 0 Å². The van der Waals surface area contributed by atoms with Gasteiger partial charge < -0.3 is 5.32 Å². The summed E-state index contributed by atoms with van der Waals surface area (Å²) in [6.07, 6.45) is 0. The van der Waals surface area contributed by atoms with Crippen LogP contribution in [0.4, 0.5) is 4.79 Å². The Labute approximate surface area is 104 Å². The van der Waals surface area contributed by atoms with Gasteiger partial charge in [0.1, 0.15) is 0 Å². The van der Waals surface area contributed by atoms with Crippen molar-refractivity contribution in [2.75, 3.05) is 13.1 Å². The molecule has 4 nitrogen and oxygen atoms in total. The van der Waals surface area contributed by atoms with Crippen LogP contribution in [0, 0.1) is 0 Å². The molecule has 1 atom stereocenters. The molecule has 1 N–H and O–H groups in total. The van der Waals surface area contributed by atoms with E-state index in [9.17, 15) is 9.59 Å². The Bertz CT molecular complexity index is 406. The van der Waals surface area contributed by atoms with Crippen molar-refractivity contribution in [3.8, 4) is 0 Å². The molecule has 90 valence electrons. The number of benzene rings is 1. The van der Waals surface area contributed by atoms with Crippen molar-refractivity contribution < 1.29 is 9.59 Å². The molecule has 2 rings (SSSR count). The smallest absolute Gasteiger partial charge is 0.324 e. The van der Waals surface area contributed by atoms with Crippen LogP contribution in [0.3, 0.4) is 0 Å². The highest BCUT2D eigenvalue weighted by atomic mass is 32.2. The van der Waals surface area contributed by atoms with E-state index in [1.807, 2.05) is 37.3 Å². The lowest BCUT2D eigenvalue weighted by atomic mass is 10.4. The molecule has 0 aliphatic carbocycles. The number of nitrogens with zero attached hydrogens (tertiary/aromatic N) is 1. The van der Waals surface area contributed by atoms with Gasteiger partial charge in [-0.3, -0.25) is 9.69 Å². The lowest BCUT2D eigenvalue weighted by Crippen LogP contribution is -2.35. The summed E-state index contributed by atoms with van der Waals surface area (Å²) in [6.45, 7) is 2.59. The Morgan fingerprint density at radius 2 is 2.06 bits per heavy atom. The zero-order chi connectivity index (χ0) is 12.3. The summed E-state index contributed by atoms with van der Waals surface area (Å²) in [5.41, 5.74) is 0. The molecule has 1 heterocycles. The van der Waals surface area contributed by atoms with Crippen molar-refractivity contribution in [1.29, 1.82) is 0 Å². The van der Waals surface area contributed by atoms with Crippen LogP contribution in [0.5, 0.6) is 0 Å². The number of carbonyl (C=O) groups excluding carboxylic acids is 2. The molecule has 1 aromatic rings. The maximum absolute atomic E-state index is 11.4. The number of amides is 3. The van der Waals surface area contributed by atoms with Gasteiger partial charge in [-0.15, -0.1) is 11.8 Å². The minimum absolute atomic E-state index is 0.127. The van der Waals surface area contributed by atoms with Gasteiger partial charge in [0.25, 0.3) is 0 Å². The van der Waals surface area contributed by atoms with Gasteiger partial charge in [0.2, 0.25) is 5.91 Å². The van der Waals surface area contributed by atoms with Gasteiger partial charge in [0.05, 0.1) is 6.54 Å². The normalized spacial score (nSPS) is 17.1. The lowest BCUT2D eigenvalue weighted by Gasteiger charge is -2.17. The van der Waals surface area contributed by atoms with E-state index in [0.29, 0.717) is 6.54 Å². The number of carbonyl (C=O) groups is 2. The summed E-state index contributed by atoms with van der Waals surface area (Å²) in [7, 11) is 0. The molecule has 3 amide bonds. The first kappa shape index (κ1) is 12.0. The van der Waals surface area contributed by atoms with Gasteiger partial charge in [-0.1, -0.05) is 25.1 Å². The minimum atomic E-state index is -0.282. The van der Waals surface area contributed by atoms with Crippen molar-refractivity contribution in [1.82, 2.24) is 10.2 Å². The summed E-state index contributed by atoms with van der Waals surface area (Å²) in [4.78, 5) is 25.2. The Morgan fingerprint density at radius 3 is 2.65 bits per heavy atom. The highest BCUT2D eigenvalue weighted by Crippen LogP contribution is 2.23. The largest absolute Gasteiger partial charge is 0.329 e. The van der Waals surface area contributed by atoms with Crippen molar-refractivity contribution in [2.45, 2.75) is 17.1 Å². The van der Waals surface area contributed by atoms with Crippen molar-refractivity contribution in [3.63, 3.8) is 0 Å². The predicted molar refractivity (Wildman–Crippen MR) is 66.9 cm³/mol. The summed E-state index contributed by atoms with van der Waals surface area (Å²) < 4.78 is 0. The maximum Gasteiger partial charge on any atom is 0.324 e. The molecular weight excluding hydrogens is 236 g/mol. The number of thioether (sulfide) groups is 1. The second-order valence-electron chi connectivity index (χ2n) is 3.90. The number of nitrogens with one attached hydrogen (secondary N) is 1. The van der Waals surface area contributed by atoms with E-state index >= 15 is 0 Å². The summed E-state index contributed by atoms with van der Waals surface area (Å²) in [5, 5.41) is 2.70. The maximum atomic E-state index is 11.4. The molecule has 0 unspecified atom stereocenters. The molecule has 0 aromatic heterocycles. The van der Waals surface area contributed by atoms with Crippen LogP contribution in [0.15, 0.2) is 35.2 Å². The topological polar surface area (TPSA) is 49.4 Å². The van der Waals surface area contributed by atoms with Crippen molar-refractivity contribution >= 4 is 23.7 Å². The standard InChI is InChI=1S/C12H14N2O2S/c1-9(17-10-5-3-2-4-6-10)8-14-11(15)7-13-12(14)16/h2-6,9H,7-8H2,1H3,(H,13,16)/t9-/m0/s1. The van der Waals surface area contributed by atoms with Crippen LogP contribution in [0.2, 0.25) is 0 Å². The van der Waals surface area contributed by atoms with E-state index in [1.54, 1.807) is 11.8 Å². The zero-order valence-corrected chi connectivity index (χ0v) is 10.4. The molecule has 0 spiro atoms. The Morgan fingerprint density at radius 1 is 1.35 bits per heavy atom. The first-order valence-corrected chi connectivity index (χ1v) is 6.34. The van der Waals surface area contributed by atoms with Gasteiger partial charge in [-0.2, -0.15) is 0 Å². The number of imide groups is 1. The van der Waals surface area contributed by atoms with Crippen LogP contribution < -0.4 is 5.32 Å².